The molecule has 6 heteroatoms. The van der Waals surface area contributed by atoms with E-state index in [-0.39, 0.29) is 4.90 Å². The normalized spacial score (nSPS) is 11.3. The van der Waals surface area contributed by atoms with E-state index in [1.54, 1.807) is 42.5 Å². The molecule has 0 amide bonds. The van der Waals surface area contributed by atoms with Crippen LogP contribution in [-0.4, -0.2) is 8.42 Å². The number of benzene rings is 2. The third-order valence-electron chi connectivity index (χ3n) is 2.81. The van der Waals surface area contributed by atoms with Gasteiger partial charge in [-0.2, -0.15) is 0 Å². The third kappa shape index (κ3) is 3.53. The lowest BCUT2D eigenvalue weighted by molar-refractivity contribution is 0.601. The summed E-state index contributed by atoms with van der Waals surface area (Å²) < 4.78 is 27.0. The van der Waals surface area contributed by atoms with Gasteiger partial charge in [0.25, 0.3) is 10.0 Å². The second kappa shape index (κ2) is 6.16. The summed E-state index contributed by atoms with van der Waals surface area (Å²) >= 11 is 9.31. The van der Waals surface area contributed by atoms with E-state index in [0.29, 0.717) is 16.0 Å². The first-order valence-electron chi connectivity index (χ1n) is 5.86. The lowest BCUT2D eigenvalue weighted by Gasteiger charge is -2.09. The summed E-state index contributed by atoms with van der Waals surface area (Å²) in [5, 5.41) is 1.22. The molecule has 2 aromatic carbocycles. The molecule has 0 radical (unpaired) electrons. The lowest BCUT2D eigenvalue weighted by atomic mass is 10.2. The van der Waals surface area contributed by atoms with E-state index in [4.69, 9.17) is 11.6 Å². The molecular formula is C14H13BrClNO2S. The van der Waals surface area contributed by atoms with Gasteiger partial charge in [-0.15, -0.1) is 0 Å². The van der Waals surface area contributed by atoms with Gasteiger partial charge in [-0.05, 0) is 42.3 Å². The summed E-state index contributed by atoms with van der Waals surface area (Å²) in [5.74, 6) is 0. The SMILES string of the molecule is Cc1ccc(NS(=O)(=O)c2ccc(CBr)cc2)cc1Cl. The van der Waals surface area contributed by atoms with Gasteiger partial charge in [0.1, 0.15) is 0 Å². The molecule has 0 heterocycles. The summed E-state index contributed by atoms with van der Waals surface area (Å²) in [4.78, 5) is 0.221. The van der Waals surface area contributed by atoms with Gasteiger partial charge >= 0.3 is 0 Å². The highest BCUT2D eigenvalue weighted by molar-refractivity contribution is 9.08. The minimum atomic E-state index is -3.59. The van der Waals surface area contributed by atoms with Crippen molar-refractivity contribution in [3.05, 3.63) is 58.6 Å². The van der Waals surface area contributed by atoms with Crippen LogP contribution in [0.3, 0.4) is 0 Å². The Hall–Kier alpha value is -1.04. The topological polar surface area (TPSA) is 46.2 Å². The standard InChI is InChI=1S/C14H13BrClNO2S/c1-10-2-5-12(8-14(10)16)17-20(18,19)13-6-3-11(9-15)4-7-13/h2-8,17H,9H2,1H3. The van der Waals surface area contributed by atoms with E-state index in [1.807, 2.05) is 6.92 Å². The van der Waals surface area contributed by atoms with Crippen LogP contribution in [0.2, 0.25) is 5.02 Å². The zero-order valence-electron chi connectivity index (χ0n) is 10.7. The number of halogens is 2. The Morgan fingerprint density at radius 1 is 1.15 bits per heavy atom. The Morgan fingerprint density at radius 3 is 2.35 bits per heavy atom. The molecule has 0 aliphatic heterocycles. The number of hydrogen-bond donors (Lipinski definition) is 1. The third-order valence-corrected chi connectivity index (χ3v) is 5.26. The van der Waals surface area contributed by atoms with Crippen molar-refractivity contribution in [1.29, 1.82) is 0 Å². The molecule has 0 fully saturated rings. The van der Waals surface area contributed by atoms with Crippen molar-refractivity contribution in [2.75, 3.05) is 4.72 Å². The molecule has 0 atom stereocenters. The molecular weight excluding hydrogens is 362 g/mol. The zero-order valence-corrected chi connectivity index (χ0v) is 13.9. The van der Waals surface area contributed by atoms with E-state index in [0.717, 1.165) is 11.1 Å². The van der Waals surface area contributed by atoms with Crippen LogP contribution >= 0.6 is 27.5 Å². The van der Waals surface area contributed by atoms with Crippen molar-refractivity contribution in [2.45, 2.75) is 17.1 Å². The molecule has 1 N–H and O–H groups in total. The van der Waals surface area contributed by atoms with Crippen molar-refractivity contribution in [3.63, 3.8) is 0 Å². The van der Waals surface area contributed by atoms with Crippen LogP contribution in [-0.2, 0) is 15.4 Å². The Labute approximate surface area is 132 Å². The predicted octanol–water partition coefficient (Wildman–Crippen LogP) is 4.34. The van der Waals surface area contributed by atoms with E-state index in [1.165, 1.54) is 0 Å². The monoisotopic (exact) mass is 373 g/mol. The fourth-order valence-corrected chi connectivity index (χ4v) is 3.23. The first-order chi connectivity index (χ1) is 9.42. The van der Waals surface area contributed by atoms with Crippen LogP contribution in [0.4, 0.5) is 5.69 Å². The number of aryl methyl sites for hydroxylation is 1. The van der Waals surface area contributed by atoms with Crippen LogP contribution < -0.4 is 4.72 Å². The van der Waals surface area contributed by atoms with Gasteiger partial charge < -0.3 is 0 Å². The van der Waals surface area contributed by atoms with Crippen molar-refractivity contribution >= 4 is 43.2 Å². The Morgan fingerprint density at radius 2 is 1.80 bits per heavy atom. The van der Waals surface area contributed by atoms with Gasteiger partial charge in [0.15, 0.2) is 0 Å². The first-order valence-corrected chi connectivity index (χ1v) is 8.84. The van der Waals surface area contributed by atoms with E-state index in [9.17, 15) is 8.42 Å². The molecule has 0 aliphatic carbocycles. The number of alkyl halides is 1. The Kier molecular flexibility index (Phi) is 4.73. The number of anilines is 1. The number of hydrogen-bond acceptors (Lipinski definition) is 2. The maximum atomic E-state index is 12.2. The maximum absolute atomic E-state index is 12.2. The number of nitrogens with one attached hydrogen (secondary N) is 1. The van der Waals surface area contributed by atoms with Gasteiger partial charge in [-0.1, -0.05) is 45.7 Å². The summed E-state index contributed by atoms with van der Waals surface area (Å²) in [6.07, 6.45) is 0. The Balaban J connectivity index is 2.27. The van der Waals surface area contributed by atoms with E-state index >= 15 is 0 Å². The van der Waals surface area contributed by atoms with Crippen molar-refractivity contribution in [1.82, 2.24) is 0 Å². The average molecular weight is 375 g/mol. The van der Waals surface area contributed by atoms with Crippen molar-refractivity contribution in [3.8, 4) is 0 Å². The first kappa shape index (κ1) is 15.4. The highest BCUT2D eigenvalue weighted by Gasteiger charge is 2.14. The molecule has 3 nitrogen and oxygen atoms in total. The molecule has 0 aliphatic rings. The predicted molar refractivity (Wildman–Crippen MR) is 86.1 cm³/mol. The zero-order chi connectivity index (χ0) is 14.8. The molecule has 0 aromatic heterocycles. The second-order valence-corrected chi connectivity index (χ2v) is 7.00. The Bertz CT molecular complexity index is 714. The van der Waals surface area contributed by atoms with Crippen LogP contribution in [0.15, 0.2) is 47.4 Å². The quantitative estimate of drug-likeness (QED) is 0.809. The average Bonchev–Trinajstić information content (AvgIpc) is 2.43. The van der Waals surface area contributed by atoms with Gasteiger partial charge in [-0.25, -0.2) is 8.42 Å². The van der Waals surface area contributed by atoms with Crippen LogP contribution in [0.5, 0.6) is 0 Å². The van der Waals surface area contributed by atoms with Crippen molar-refractivity contribution in [2.24, 2.45) is 0 Å². The highest BCUT2D eigenvalue weighted by atomic mass is 79.9. The summed E-state index contributed by atoms with van der Waals surface area (Å²) in [6.45, 7) is 1.86. The number of rotatable bonds is 4. The molecule has 106 valence electrons. The van der Waals surface area contributed by atoms with Crippen LogP contribution in [0.25, 0.3) is 0 Å². The molecule has 0 saturated heterocycles. The largest absolute Gasteiger partial charge is 0.280 e. The van der Waals surface area contributed by atoms with E-state index in [2.05, 4.69) is 20.7 Å². The van der Waals surface area contributed by atoms with Gasteiger partial charge in [0.05, 0.1) is 10.6 Å². The van der Waals surface area contributed by atoms with Gasteiger partial charge in [0.2, 0.25) is 0 Å². The molecule has 2 aromatic rings. The minimum absolute atomic E-state index is 0.221. The summed E-state index contributed by atoms with van der Waals surface area (Å²) in [6, 6.07) is 11.8. The molecule has 0 spiro atoms. The smallest absolute Gasteiger partial charge is 0.261 e. The van der Waals surface area contributed by atoms with Crippen LogP contribution in [0, 0.1) is 6.92 Å². The van der Waals surface area contributed by atoms with Crippen molar-refractivity contribution < 1.29 is 8.42 Å². The minimum Gasteiger partial charge on any atom is -0.280 e. The molecule has 20 heavy (non-hydrogen) atoms. The highest BCUT2D eigenvalue weighted by Crippen LogP contribution is 2.22. The fourth-order valence-electron chi connectivity index (χ4n) is 1.63. The lowest BCUT2D eigenvalue weighted by Crippen LogP contribution is -2.12. The maximum Gasteiger partial charge on any atom is 0.261 e. The molecule has 0 bridgehead atoms. The molecule has 0 saturated carbocycles. The van der Waals surface area contributed by atoms with Gasteiger partial charge in [0, 0.05) is 10.4 Å². The molecule has 0 unspecified atom stereocenters. The van der Waals surface area contributed by atoms with E-state index < -0.39 is 10.0 Å². The summed E-state index contributed by atoms with van der Waals surface area (Å²) in [7, 11) is -3.59. The number of sulfonamides is 1. The second-order valence-electron chi connectivity index (χ2n) is 4.35. The fraction of sp³-hybridized carbons (Fsp3) is 0.143. The van der Waals surface area contributed by atoms with Crippen LogP contribution in [0.1, 0.15) is 11.1 Å². The summed E-state index contributed by atoms with van der Waals surface area (Å²) in [5.41, 5.74) is 2.36. The van der Waals surface area contributed by atoms with Gasteiger partial charge in [-0.3, -0.25) is 4.72 Å². The molecule has 2 rings (SSSR count).